The normalized spacial score (nSPS) is 13.6. The van der Waals surface area contributed by atoms with Crippen molar-refractivity contribution in [1.29, 1.82) is 0 Å². The number of morpholine rings is 1. The highest BCUT2D eigenvalue weighted by Gasteiger charge is 2.21. The molecular weight excluding hydrogens is 496 g/mol. The van der Waals surface area contributed by atoms with Crippen LogP contribution in [0.1, 0.15) is 15.2 Å². The van der Waals surface area contributed by atoms with Gasteiger partial charge in [0.05, 0.1) is 42.1 Å². The van der Waals surface area contributed by atoms with Crippen LogP contribution in [0.15, 0.2) is 42.7 Å². The Morgan fingerprint density at radius 3 is 2.57 bits per heavy atom. The Labute approximate surface area is 216 Å². The summed E-state index contributed by atoms with van der Waals surface area (Å²) in [5.41, 5.74) is 9.92. The number of carbonyl (C=O) groups is 1. The van der Waals surface area contributed by atoms with Gasteiger partial charge in [-0.1, -0.05) is 0 Å². The fraction of sp³-hybridized carbons (Fsp3) is 0.292. The van der Waals surface area contributed by atoms with Crippen molar-refractivity contribution >= 4 is 44.9 Å². The number of aliphatic hydroxyl groups is 1. The molecule has 1 aliphatic heterocycles. The van der Waals surface area contributed by atoms with Gasteiger partial charge in [-0.3, -0.25) is 10.0 Å². The fourth-order valence-electron chi connectivity index (χ4n) is 4.02. The third kappa shape index (κ3) is 5.44. The molecule has 13 heteroatoms. The average Bonchev–Trinajstić information content (AvgIpc) is 3.35. The molecule has 1 saturated heterocycles. The smallest absolute Gasteiger partial charge is 0.277 e. The maximum atomic E-state index is 11.6. The Bertz CT molecular complexity index is 1370. The van der Waals surface area contributed by atoms with Crippen molar-refractivity contribution in [3.8, 4) is 11.4 Å². The number of fused-ring (bicyclic) bond motifs is 1. The highest BCUT2D eigenvalue weighted by molar-refractivity contribution is 7.19. The molecule has 1 aromatic carbocycles. The Morgan fingerprint density at radius 2 is 1.89 bits per heavy atom. The molecule has 0 spiro atoms. The lowest BCUT2D eigenvalue weighted by molar-refractivity contribution is 0.0705. The van der Waals surface area contributed by atoms with Gasteiger partial charge in [0, 0.05) is 48.2 Å². The van der Waals surface area contributed by atoms with Crippen LogP contribution in [-0.2, 0) is 11.3 Å². The molecule has 1 aliphatic rings. The molecule has 192 valence electrons. The largest absolute Gasteiger partial charge is 0.399 e. The van der Waals surface area contributed by atoms with Gasteiger partial charge >= 0.3 is 0 Å². The number of benzene rings is 1. The molecule has 37 heavy (non-hydrogen) atoms. The zero-order valence-corrected chi connectivity index (χ0v) is 20.7. The van der Waals surface area contributed by atoms with E-state index in [1.54, 1.807) is 16.8 Å². The number of ether oxygens (including phenoxy) is 1. The van der Waals surface area contributed by atoms with Gasteiger partial charge < -0.3 is 25.4 Å². The standard InChI is InChI=1S/C24H26N8O4S/c25-17-3-1-15(2-4-17)21-28-19-11-18(37-20(19)22(29-21)31-6-9-36-10-7-31)14-32(5-8-33)24-26-12-16(13-27-24)23(34)30-35/h1-4,11-13,33,35H,5-10,14,25H2,(H,30,34). The van der Waals surface area contributed by atoms with E-state index in [4.69, 9.17) is 25.6 Å². The first-order valence-corrected chi connectivity index (χ1v) is 12.5. The molecule has 5 rings (SSSR count). The van der Waals surface area contributed by atoms with Gasteiger partial charge in [0.2, 0.25) is 5.95 Å². The molecule has 0 atom stereocenters. The van der Waals surface area contributed by atoms with Gasteiger partial charge in [0.1, 0.15) is 0 Å². The highest BCUT2D eigenvalue weighted by atomic mass is 32.1. The molecule has 1 amide bonds. The molecule has 4 aromatic rings. The summed E-state index contributed by atoms with van der Waals surface area (Å²) in [5.74, 6) is 1.13. The number of carbonyl (C=O) groups excluding carboxylic acids is 1. The van der Waals surface area contributed by atoms with Gasteiger partial charge in [-0.25, -0.2) is 25.4 Å². The van der Waals surface area contributed by atoms with E-state index >= 15 is 0 Å². The van der Waals surface area contributed by atoms with Crippen LogP contribution >= 0.6 is 11.3 Å². The Kier molecular flexibility index (Phi) is 7.37. The van der Waals surface area contributed by atoms with E-state index in [9.17, 15) is 9.90 Å². The molecule has 5 N–H and O–H groups in total. The van der Waals surface area contributed by atoms with Gasteiger partial charge in [-0.2, -0.15) is 0 Å². The van der Waals surface area contributed by atoms with Crippen molar-refractivity contribution in [3.05, 3.63) is 53.2 Å². The number of aliphatic hydroxyl groups excluding tert-OH is 1. The summed E-state index contributed by atoms with van der Waals surface area (Å²) >= 11 is 1.58. The van der Waals surface area contributed by atoms with Crippen LogP contribution in [-0.4, -0.2) is 75.6 Å². The van der Waals surface area contributed by atoms with Crippen molar-refractivity contribution in [1.82, 2.24) is 25.4 Å². The van der Waals surface area contributed by atoms with Crippen LogP contribution in [0.3, 0.4) is 0 Å². The Hall–Kier alpha value is -3.91. The van der Waals surface area contributed by atoms with Gasteiger partial charge in [-0.05, 0) is 30.3 Å². The van der Waals surface area contributed by atoms with E-state index in [1.165, 1.54) is 12.4 Å². The van der Waals surface area contributed by atoms with Gasteiger partial charge in [0.15, 0.2) is 11.6 Å². The first-order chi connectivity index (χ1) is 18.1. The van der Waals surface area contributed by atoms with E-state index in [0.717, 1.165) is 39.6 Å². The summed E-state index contributed by atoms with van der Waals surface area (Å²) in [6.07, 6.45) is 2.65. The average molecular weight is 523 g/mol. The minimum atomic E-state index is -0.698. The summed E-state index contributed by atoms with van der Waals surface area (Å²) in [6, 6.07) is 9.50. The second-order valence-corrected chi connectivity index (χ2v) is 9.51. The number of nitrogens with two attached hydrogens (primary N) is 1. The number of thiophene rings is 1. The predicted octanol–water partition coefficient (Wildman–Crippen LogP) is 1.68. The van der Waals surface area contributed by atoms with E-state index < -0.39 is 5.91 Å². The van der Waals surface area contributed by atoms with Crippen LogP contribution in [0.25, 0.3) is 21.6 Å². The first kappa shape index (κ1) is 24.8. The molecule has 3 aromatic heterocycles. The van der Waals surface area contributed by atoms with E-state index in [0.29, 0.717) is 43.8 Å². The molecule has 1 fully saturated rings. The monoisotopic (exact) mass is 522 g/mol. The van der Waals surface area contributed by atoms with Crippen LogP contribution in [0.5, 0.6) is 0 Å². The summed E-state index contributed by atoms with van der Waals surface area (Å²) in [7, 11) is 0. The quantitative estimate of drug-likeness (QED) is 0.151. The molecule has 0 bridgehead atoms. The molecule has 0 unspecified atom stereocenters. The highest BCUT2D eigenvalue weighted by Crippen LogP contribution is 2.35. The second-order valence-electron chi connectivity index (χ2n) is 8.38. The van der Waals surface area contributed by atoms with Crippen LogP contribution in [0.4, 0.5) is 17.5 Å². The maximum absolute atomic E-state index is 11.6. The third-order valence-corrected chi connectivity index (χ3v) is 6.99. The van der Waals surface area contributed by atoms with E-state index in [2.05, 4.69) is 14.9 Å². The predicted molar refractivity (Wildman–Crippen MR) is 140 cm³/mol. The van der Waals surface area contributed by atoms with Crippen molar-refractivity contribution < 1.29 is 19.8 Å². The number of nitrogens with one attached hydrogen (secondary N) is 1. The summed E-state index contributed by atoms with van der Waals surface area (Å²) in [6.45, 7) is 3.34. The minimum Gasteiger partial charge on any atom is -0.399 e. The lowest BCUT2D eigenvalue weighted by atomic mass is 10.2. The maximum Gasteiger partial charge on any atom is 0.277 e. The molecule has 0 aliphatic carbocycles. The molecular formula is C24H26N8O4S. The van der Waals surface area contributed by atoms with E-state index in [1.807, 2.05) is 35.2 Å². The molecule has 4 heterocycles. The molecule has 0 radical (unpaired) electrons. The zero-order valence-electron chi connectivity index (χ0n) is 19.9. The second kappa shape index (κ2) is 11.0. The van der Waals surface area contributed by atoms with Crippen molar-refractivity contribution in [2.75, 3.05) is 55.0 Å². The lowest BCUT2D eigenvalue weighted by Crippen LogP contribution is -2.36. The van der Waals surface area contributed by atoms with Gasteiger partial charge in [0.25, 0.3) is 5.91 Å². The Morgan fingerprint density at radius 1 is 1.16 bits per heavy atom. The van der Waals surface area contributed by atoms with Crippen molar-refractivity contribution in [2.45, 2.75) is 6.54 Å². The summed E-state index contributed by atoms with van der Waals surface area (Å²) in [4.78, 5) is 34.9. The SMILES string of the molecule is Nc1ccc(-c2nc(N3CCOCC3)c3sc(CN(CCO)c4ncc(C(=O)NO)cn4)cc3n2)cc1. The number of rotatable bonds is 8. The molecule has 0 saturated carbocycles. The number of hydrogen-bond acceptors (Lipinski definition) is 12. The van der Waals surface area contributed by atoms with Crippen LogP contribution < -0.4 is 21.0 Å². The Balaban J connectivity index is 1.50. The number of amides is 1. The number of hydrogen-bond donors (Lipinski definition) is 4. The van der Waals surface area contributed by atoms with Crippen LogP contribution in [0.2, 0.25) is 0 Å². The number of hydroxylamine groups is 1. The van der Waals surface area contributed by atoms with Crippen LogP contribution in [0, 0.1) is 0 Å². The zero-order chi connectivity index (χ0) is 25.8. The minimum absolute atomic E-state index is 0.104. The van der Waals surface area contributed by atoms with Gasteiger partial charge in [-0.15, -0.1) is 11.3 Å². The first-order valence-electron chi connectivity index (χ1n) is 11.7. The third-order valence-electron chi connectivity index (χ3n) is 5.89. The number of nitrogens with zero attached hydrogens (tertiary/aromatic N) is 6. The lowest BCUT2D eigenvalue weighted by Gasteiger charge is -2.28. The van der Waals surface area contributed by atoms with Crippen molar-refractivity contribution in [2.24, 2.45) is 0 Å². The summed E-state index contributed by atoms with van der Waals surface area (Å²) in [5, 5.41) is 18.5. The number of aromatic nitrogens is 4. The van der Waals surface area contributed by atoms with E-state index in [-0.39, 0.29) is 12.2 Å². The molecule has 12 nitrogen and oxygen atoms in total. The number of nitrogen functional groups attached to an aromatic ring is 1. The number of anilines is 3. The topological polar surface area (TPSA) is 163 Å². The summed E-state index contributed by atoms with van der Waals surface area (Å²) < 4.78 is 6.52. The van der Waals surface area contributed by atoms with Crippen molar-refractivity contribution in [3.63, 3.8) is 0 Å². The fourth-order valence-corrected chi connectivity index (χ4v) is 5.15.